The molecule has 1 aliphatic rings. The molecule has 0 spiro atoms. The van der Waals surface area contributed by atoms with Crippen LogP contribution in [-0.4, -0.2) is 17.1 Å². The van der Waals surface area contributed by atoms with Crippen molar-refractivity contribution in [2.45, 2.75) is 46.5 Å². The molecule has 2 heterocycles. The Morgan fingerprint density at radius 3 is 3.00 bits per heavy atom. The smallest absolute Gasteiger partial charge is 0.281 e. The summed E-state index contributed by atoms with van der Waals surface area (Å²) in [6.45, 7) is 6.24. The van der Waals surface area contributed by atoms with Crippen molar-refractivity contribution in [3.8, 4) is 0 Å². The molecule has 0 aromatic carbocycles. The Labute approximate surface area is 141 Å². The van der Waals surface area contributed by atoms with E-state index in [9.17, 15) is 4.79 Å². The van der Waals surface area contributed by atoms with Gasteiger partial charge < -0.3 is 4.98 Å². The van der Waals surface area contributed by atoms with Gasteiger partial charge >= 0.3 is 0 Å². The Bertz CT molecular complexity index is 742. The summed E-state index contributed by atoms with van der Waals surface area (Å²) >= 11 is 1.62. The average molecular weight is 329 g/mol. The molecule has 2 aromatic rings. The van der Waals surface area contributed by atoms with E-state index in [4.69, 9.17) is 0 Å². The predicted octanol–water partition coefficient (Wildman–Crippen LogP) is 3.97. The van der Waals surface area contributed by atoms with Gasteiger partial charge in [-0.15, -0.1) is 11.3 Å². The quantitative estimate of drug-likeness (QED) is 0.647. The molecule has 0 fully saturated rings. The van der Waals surface area contributed by atoms with Gasteiger partial charge in [-0.25, -0.2) is 5.43 Å². The second kappa shape index (κ2) is 6.71. The van der Waals surface area contributed by atoms with Crippen LogP contribution in [-0.2, 0) is 12.8 Å². The van der Waals surface area contributed by atoms with Crippen LogP contribution in [0.3, 0.4) is 0 Å². The highest BCUT2D eigenvalue weighted by molar-refractivity contribution is 7.14. The van der Waals surface area contributed by atoms with Crippen molar-refractivity contribution in [3.05, 3.63) is 44.4 Å². The summed E-state index contributed by atoms with van der Waals surface area (Å²) in [5, 5.41) is 4.09. The molecule has 3 rings (SSSR count). The largest absolute Gasteiger partial charge is 0.362 e. The Hall–Kier alpha value is -1.88. The van der Waals surface area contributed by atoms with Crippen LogP contribution in [0, 0.1) is 19.8 Å². The van der Waals surface area contributed by atoms with Gasteiger partial charge in [0.05, 0.1) is 11.1 Å². The second-order valence-corrected chi connectivity index (χ2v) is 7.44. The number of hydrogen-bond acceptors (Lipinski definition) is 3. The maximum atomic E-state index is 12.3. The lowest BCUT2D eigenvalue weighted by Crippen LogP contribution is -2.16. The summed E-state index contributed by atoms with van der Waals surface area (Å²) in [6, 6.07) is 4.07. The molecule has 5 heteroatoms. The van der Waals surface area contributed by atoms with E-state index in [1.165, 1.54) is 23.3 Å². The van der Waals surface area contributed by atoms with E-state index in [2.05, 4.69) is 28.5 Å². The van der Waals surface area contributed by atoms with Gasteiger partial charge in [-0.1, -0.05) is 13.3 Å². The van der Waals surface area contributed by atoms with Crippen LogP contribution in [0.25, 0.3) is 0 Å². The molecule has 0 unspecified atom stereocenters. The highest BCUT2D eigenvalue weighted by Crippen LogP contribution is 2.33. The molecule has 2 N–H and O–H groups in total. The number of thiophene rings is 1. The molecular weight excluding hydrogens is 306 g/mol. The molecule has 0 saturated carbocycles. The van der Waals surface area contributed by atoms with Gasteiger partial charge in [-0.2, -0.15) is 5.10 Å². The maximum Gasteiger partial charge on any atom is 0.281 e. The van der Waals surface area contributed by atoms with Crippen molar-refractivity contribution < 1.29 is 4.79 Å². The molecule has 2 aromatic heterocycles. The summed E-state index contributed by atoms with van der Waals surface area (Å²) < 4.78 is 0. The molecule has 0 saturated heterocycles. The topological polar surface area (TPSA) is 57.2 Å². The number of H-pyrrole nitrogens is 1. The van der Waals surface area contributed by atoms with Crippen molar-refractivity contribution >= 4 is 23.5 Å². The number of nitrogens with zero attached hydrogens (tertiary/aromatic N) is 1. The van der Waals surface area contributed by atoms with Crippen molar-refractivity contribution in [3.63, 3.8) is 0 Å². The monoisotopic (exact) mass is 329 g/mol. The van der Waals surface area contributed by atoms with E-state index >= 15 is 0 Å². The standard InChI is InChI=1S/C18H23N3OS/c1-4-13-5-6-16-14(8-13)9-17(23-16)18(22)21-19-10-15-7-11(2)20-12(15)3/h7,9-10,13,20H,4-6,8H2,1-3H3,(H,21,22)/b19-10+/t13-/m1/s1. The van der Waals surface area contributed by atoms with Crippen LogP contribution in [0.4, 0.5) is 0 Å². The lowest BCUT2D eigenvalue weighted by atomic mass is 9.87. The van der Waals surface area contributed by atoms with Gasteiger partial charge in [0.1, 0.15) is 0 Å². The second-order valence-electron chi connectivity index (χ2n) is 6.31. The van der Waals surface area contributed by atoms with Crippen molar-refractivity contribution in [2.75, 3.05) is 0 Å². The first-order chi connectivity index (χ1) is 11.1. The highest BCUT2D eigenvalue weighted by atomic mass is 32.1. The minimum Gasteiger partial charge on any atom is -0.362 e. The molecule has 122 valence electrons. The summed E-state index contributed by atoms with van der Waals surface area (Å²) in [4.78, 5) is 17.6. The first-order valence-electron chi connectivity index (χ1n) is 8.18. The zero-order valence-electron chi connectivity index (χ0n) is 13.9. The summed E-state index contributed by atoms with van der Waals surface area (Å²) in [5.41, 5.74) is 7.15. The molecule has 1 amide bonds. The molecule has 1 atom stereocenters. The number of aryl methyl sites for hydroxylation is 3. The summed E-state index contributed by atoms with van der Waals surface area (Å²) in [6.07, 6.45) is 6.38. The van der Waals surface area contributed by atoms with E-state index in [-0.39, 0.29) is 5.91 Å². The number of carbonyl (C=O) groups is 1. The molecule has 0 radical (unpaired) electrons. The highest BCUT2D eigenvalue weighted by Gasteiger charge is 2.21. The summed E-state index contributed by atoms with van der Waals surface area (Å²) in [7, 11) is 0. The number of hydrazone groups is 1. The predicted molar refractivity (Wildman–Crippen MR) is 95.5 cm³/mol. The number of amides is 1. The van der Waals surface area contributed by atoms with E-state index < -0.39 is 0 Å². The third kappa shape index (κ3) is 3.55. The Morgan fingerprint density at radius 1 is 1.48 bits per heavy atom. The minimum atomic E-state index is -0.112. The van der Waals surface area contributed by atoms with Crippen LogP contribution in [0.5, 0.6) is 0 Å². The van der Waals surface area contributed by atoms with Crippen LogP contribution in [0.2, 0.25) is 0 Å². The van der Waals surface area contributed by atoms with Gasteiger partial charge in [-0.05, 0) is 56.7 Å². The molecule has 0 bridgehead atoms. The van der Waals surface area contributed by atoms with Gasteiger partial charge in [0.25, 0.3) is 5.91 Å². The Morgan fingerprint density at radius 2 is 2.30 bits per heavy atom. The van der Waals surface area contributed by atoms with Gasteiger partial charge in [0, 0.05) is 21.8 Å². The zero-order valence-corrected chi connectivity index (χ0v) is 14.7. The lowest BCUT2D eigenvalue weighted by Gasteiger charge is -2.19. The fourth-order valence-electron chi connectivity index (χ4n) is 3.15. The van der Waals surface area contributed by atoms with Crippen molar-refractivity contribution in [2.24, 2.45) is 11.0 Å². The number of aromatic amines is 1. The Balaban J connectivity index is 1.65. The van der Waals surface area contributed by atoms with E-state index in [0.29, 0.717) is 0 Å². The number of hydrogen-bond donors (Lipinski definition) is 2. The number of rotatable bonds is 4. The zero-order chi connectivity index (χ0) is 16.4. The van der Waals surface area contributed by atoms with Crippen LogP contribution in [0.15, 0.2) is 17.2 Å². The van der Waals surface area contributed by atoms with Crippen molar-refractivity contribution in [1.82, 2.24) is 10.4 Å². The fourth-order valence-corrected chi connectivity index (χ4v) is 4.25. The lowest BCUT2D eigenvalue weighted by molar-refractivity contribution is 0.0959. The van der Waals surface area contributed by atoms with Crippen LogP contribution >= 0.6 is 11.3 Å². The van der Waals surface area contributed by atoms with Crippen molar-refractivity contribution in [1.29, 1.82) is 0 Å². The fraction of sp³-hybridized carbons (Fsp3) is 0.444. The van der Waals surface area contributed by atoms with E-state index in [1.54, 1.807) is 17.6 Å². The van der Waals surface area contributed by atoms with Gasteiger partial charge in [-0.3, -0.25) is 4.79 Å². The SMILES string of the molecule is CC[C@@H]1CCc2sc(C(=O)N/N=C/c3cc(C)[nH]c3C)cc2C1. The number of fused-ring (bicyclic) bond motifs is 1. The van der Waals surface area contributed by atoms with Crippen LogP contribution in [0.1, 0.15) is 56.8 Å². The third-order valence-electron chi connectivity index (χ3n) is 4.55. The van der Waals surface area contributed by atoms with Crippen LogP contribution < -0.4 is 5.43 Å². The first-order valence-corrected chi connectivity index (χ1v) is 8.99. The number of nitrogens with one attached hydrogen (secondary N) is 2. The van der Waals surface area contributed by atoms with Gasteiger partial charge in [0.2, 0.25) is 0 Å². The molecule has 23 heavy (non-hydrogen) atoms. The van der Waals surface area contributed by atoms with E-state index in [1.807, 2.05) is 19.9 Å². The maximum absolute atomic E-state index is 12.3. The Kier molecular flexibility index (Phi) is 4.66. The third-order valence-corrected chi connectivity index (χ3v) is 5.78. The molecular formula is C18H23N3OS. The normalized spacial score (nSPS) is 17.4. The average Bonchev–Trinajstić information content (AvgIpc) is 3.09. The number of aromatic nitrogens is 1. The number of carbonyl (C=O) groups excluding carboxylic acids is 1. The first kappa shape index (κ1) is 16.0. The molecule has 0 aliphatic heterocycles. The summed E-state index contributed by atoms with van der Waals surface area (Å²) in [5.74, 6) is 0.657. The van der Waals surface area contributed by atoms with E-state index in [0.717, 1.165) is 40.6 Å². The minimum absolute atomic E-state index is 0.112. The molecule has 1 aliphatic carbocycles. The molecule has 4 nitrogen and oxygen atoms in total. The van der Waals surface area contributed by atoms with Gasteiger partial charge in [0.15, 0.2) is 0 Å².